The Kier molecular flexibility index (Phi) is 3.73. The second kappa shape index (κ2) is 4.83. The van der Waals surface area contributed by atoms with Crippen LogP contribution in [-0.2, 0) is 4.79 Å². The van der Waals surface area contributed by atoms with Crippen LogP contribution in [0.5, 0.6) is 0 Å². The van der Waals surface area contributed by atoms with E-state index in [-0.39, 0.29) is 19.0 Å². The molecule has 1 fully saturated rings. The van der Waals surface area contributed by atoms with Crippen LogP contribution in [0, 0.1) is 5.92 Å². The summed E-state index contributed by atoms with van der Waals surface area (Å²) >= 11 is 0. The van der Waals surface area contributed by atoms with Crippen molar-refractivity contribution in [3.8, 4) is 0 Å². The highest BCUT2D eigenvalue weighted by Crippen LogP contribution is 2.27. The Morgan fingerprint density at radius 2 is 2.14 bits per heavy atom. The van der Waals surface area contributed by atoms with E-state index in [0.29, 0.717) is 5.92 Å². The number of urea groups is 1. The van der Waals surface area contributed by atoms with Gasteiger partial charge in [-0.15, -0.1) is 0 Å². The minimum Gasteiger partial charge on any atom is -0.481 e. The summed E-state index contributed by atoms with van der Waals surface area (Å²) < 4.78 is 0. The Morgan fingerprint density at radius 3 is 2.64 bits per heavy atom. The van der Waals surface area contributed by atoms with Crippen molar-refractivity contribution in [2.45, 2.75) is 19.3 Å². The van der Waals surface area contributed by atoms with Crippen LogP contribution < -0.4 is 5.32 Å². The maximum Gasteiger partial charge on any atom is 0.317 e. The van der Waals surface area contributed by atoms with Crippen molar-refractivity contribution < 1.29 is 14.7 Å². The van der Waals surface area contributed by atoms with E-state index in [1.807, 2.05) is 0 Å². The van der Waals surface area contributed by atoms with E-state index in [9.17, 15) is 9.59 Å². The number of carbonyl (C=O) groups is 2. The fraction of sp³-hybridized carbons (Fsp3) is 0.778. The predicted octanol–water partition coefficient (Wildman–Crippen LogP) is 0.512. The molecule has 0 radical (unpaired) electrons. The van der Waals surface area contributed by atoms with E-state index in [1.165, 1.54) is 17.7 Å². The van der Waals surface area contributed by atoms with Gasteiger partial charge >= 0.3 is 12.0 Å². The molecular formula is C9H16N2O3. The van der Waals surface area contributed by atoms with E-state index in [1.54, 1.807) is 7.05 Å². The molecule has 0 bridgehead atoms. The number of aliphatic carboxylic acids is 1. The molecule has 2 amide bonds. The summed E-state index contributed by atoms with van der Waals surface area (Å²) in [5.74, 6) is -0.237. The third-order valence-corrected chi connectivity index (χ3v) is 2.25. The molecule has 5 nitrogen and oxygen atoms in total. The largest absolute Gasteiger partial charge is 0.481 e. The van der Waals surface area contributed by atoms with Crippen LogP contribution in [0.4, 0.5) is 4.79 Å². The third kappa shape index (κ3) is 4.11. The molecular weight excluding hydrogens is 184 g/mol. The molecule has 5 heteroatoms. The number of amides is 2. The van der Waals surface area contributed by atoms with Crippen molar-refractivity contribution in [3.63, 3.8) is 0 Å². The van der Waals surface area contributed by atoms with Gasteiger partial charge < -0.3 is 15.3 Å². The lowest BCUT2D eigenvalue weighted by atomic mass is 10.4. The summed E-state index contributed by atoms with van der Waals surface area (Å²) in [6, 6.07) is -0.182. The van der Waals surface area contributed by atoms with Gasteiger partial charge in [0, 0.05) is 20.1 Å². The molecule has 0 atom stereocenters. The number of nitrogens with zero attached hydrogens (tertiary/aromatic N) is 1. The van der Waals surface area contributed by atoms with Gasteiger partial charge in [0.25, 0.3) is 0 Å². The monoisotopic (exact) mass is 200 g/mol. The summed E-state index contributed by atoms with van der Waals surface area (Å²) in [6.45, 7) is 0.974. The Hall–Kier alpha value is -1.26. The lowest BCUT2D eigenvalue weighted by Gasteiger charge is -2.16. The Bertz CT molecular complexity index is 226. The number of carbonyl (C=O) groups excluding carboxylic acids is 1. The zero-order valence-electron chi connectivity index (χ0n) is 8.32. The van der Waals surface area contributed by atoms with Gasteiger partial charge in [-0.3, -0.25) is 4.79 Å². The van der Waals surface area contributed by atoms with Crippen LogP contribution in [0.3, 0.4) is 0 Å². The first kappa shape index (κ1) is 10.8. The molecule has 1 aliphatic carbocycles. The number of hydrogen-bond acceptors (Lipinski definition) is 2. The van der Waals surface area contributed by atoms with E-state index in [0.717, 1.165) is 6.54 Å². The zero-order chi connectivity index (χ0) is 10.6. The molecule has 0 aromatic carbocycles. The number of nitrogens with one attached hydrogen (secondary N) is 1. The van der Waals surface area contributed by atoms with Gasteiger partial charge in [-0.25, -0.2) is 4.79 Å². The van der Waals surface area contributed by atoms with Gasteiger partial charge in [0.1, 0.15) is 0 Å². The van der Waals surface area contributed by atoms with Crippen LogP contribution in [0.2, 0.25) is 0 Å². The summed E-state index contributed by atoms with van der Waals surface area (Å²) in [7, 11) is 1.60. The number of hydrogen-bond donors (Lipinski definition) is 2. The average molecular weight is 200 g/mol. The van der Waals surface area contributed by atoms with Crippen molar-refractivity contribution in [1.29, 1.82) is 0 Å². The summed E-state index contributed by atoms with van der Waals surface area (Å²) in [6.07, 6.45) is 2.38. The van der Waals surface area contributed by atoms with Crippen molar-refractivity contribution in [1.82, 2.24) is 10.2 Å². The second-order valence-electron chi connectivity index (χ2n) is 3.69. The molecule has 0 saturated heterocycles. The molecule has 0 heterocycles. The first-order valence-electron chi connectivity index (χ1n) is 4.80. The number of carboxylic acids is 1. The van der Waals surface area contributed by atoms with Gasteiger partial charge in [0.15, 0.2) is 0 Å². The lowest BCUT2D eigenvalue weighted by molar-refractivity contribution is -0.137. The highest BCUT2D eigenvalue weighted by atomic mass is 16.4. The minimum absolute atomic E-state index is 0.00660. The fourth-order valence-electron chi connectivity index (χ4n) is 1.05. The molecule has 1 aliphatic rings. The molecule has 0 spiro atoms. The van der Waals surface area contributed by atoms with Crippen LogP contribution >= 0.6 is 0 Å². The highest BCUT2D eigenvalue weighted by Gasteiger charge is 2.22. The standard InChI is InChI=1S/C9H16N2O3/c1-11(5-4-8(12)13)9(14)10-6-7-2-3-7/h7H,2-6H2,1H3,(H,10,14)(H,12,13). The third-order valence-electron chi connectivity index (χ3n) is 2.25. The maximum atomic E-state index is 11.3. The Balaban J connectivity index is 2.10. The van der Waals surface area contributed by atoms with Gasteiger partial charge in [-0.1, -0.05) is 0 Å². The van der Waals surface area contributed by atoms with Gasteiger partial charge in [-0.05, 0) is 18.8 Å². The molecule has 0 unspecified atom stereocenters. The van der Waals surface area contributed by atoms with Crippen molar-refractivity contribution in [3.05, 3.63) is 0 Å². The molecule has 14 heavy (non-hydrogen) atoms. The van der Waals surface area contributed by atoms with Crippen molar-refractivity contribution in [2.24, 2.45) is 5.92 Å². The normalized spacial score (nSPS) is 14.9. The zero-order valence-corrected chi connectivity index (χ0v) is 8.32. The number of rotatable bonds is 5. The fourth-order valence-corrected chi connectivity index (χ4v) is 1.05. The van der Waals surface area contributed by atoms with Gasteiger partial charge in [-0.2, -0.15) is 0 Å². The van der Waals surface area contributed by atoms with Crippen LogP contribution in [-0.4, -0.2) is 42.1 Å². The molecule has 1 rings (SSSR count). The smallest absolute Gasteiger partial charge is 0.317 e. The molecule has 80 valence electrons. The van der Waals surface area contributed by atoms with E-state index in [4.69, 9.17) is 5.11 Å². The lowest BCUT2D eigenvalue weighted by Crippen LogP contribution is -2.39. The first-order chi connectivity index (χ1) is 6.59. The van der Waals surface area contributed by atoms with Gasteiger partial charge in [0.2, 0.25) is 0 Å². The summed E-state index contributed by atoms with van der Waals surface area (Å²) in [5.41, 5.74) is 0. The highest BCUT2D eigenvalue weighted by molar-refractivity contribution is 5.75. The van der Waals surface area contributed by atoms with Crippen LogP contribution in [0.1, 0.15) is 19.3 Å². The topological polar surface area (TPSA) is 69.6 Å². The summed E-state index contributed by atoms with van der Waals surface area (Å²) in [4.78, 5) is 23.0. The molecule has 2 N–H and O–H groups in total. The number of carboxylic acid groups (broad SMARTS) is 1. The minimum atomic E-state index is -0.883. The maximum absolute atomic E-state index is 11.3. The predicted molar refractivity (Wildman–Crippen MR) is 51.0 cm³/mol. The average Bonchev–Trinajstić information content (AvgIpc) is 2.93. The molecule has 0 aromatic heterocycles. The van der Waals surface area contributed by atoms with Crippen LogP contribution in [0.15, 0.2) is 0 Å². The van der Waals surface area contributed by atoms with Crippen molar-refractivity contribution in [2.75, 3.05) is 20.1 Å². The van der Waals surface area contributed by atoms with Crippen molar-refractivity contribution >= 4 is 12.0 Å². The molecule has 1 saturated carbocycles. The second-order valence-corrected chi connectivity index (χ2v) is 3.69. The Labute approximate surface area is 83.1 Å². The summed E-state index contributed by atoms with van der Waals surface area (Å²) in [5, 5.41) is 11.2. The molecule has 0 aromatic rings. The van der Waals surface area contributed by atoms with E-state index < -0.39 is 5.97 Å². The first-order valence-corrected chi connectivity index (χ1v) is 4.80. The SMILES string of the molecule is CN(CCC(=O)O)C(=O)NCC1CC1. The van der Waals surface area contributed by atoms with Crippen LogP contribution in [0.25, 0.3) is 0 Å². The van der Waals surface area contributed by atoms with Gasteiger partial charge in [0.05, 0.1) is 6.42 Å². The van der Waals surface area contributed by atoms with E-state index >= 15 is 0 Å². The molecule has 0 aliphatic heterocycles. The van der Waals surface area contributed by atoms with E-state index in [2.05, 4.69) is 5.32 Å². The quantitative estimate of drug-likeness (QED) is 0.679. The Morgan fingerprint density at radius 1 is 1.50 bits per heavy atom.